The molecule has 17 heavy (non-hydrogen) atoms. The molecule has 3 aliphatic rings. The van der Waals surface area contributed by atoms with Gasteiger partial charge >= 0.3 is 0 Å². The Hall–Kier alpha value is 0.270. The summed E-state index contributed by atoms with van der Waals surface area (Å²) in [5.41, 5.74) is 0. The quantitative estimate of drug-likeness (QED) is 0.811. The Balaban J connectivity index is 1.39. The van der Waals surface area contributed by atoms with Crippen LogP contribution >= 0.6 is 11.8 Å². The van der Waals surface area contributed by atoms with Crippen LogP contribution < -0.4 is 5.32 Å². The van der Waals surface area contributed by atoms with E-state index in [2.05, 4.69) is 28.9 Å². The number of rotatable bonds is 5. The van der Waals surface area contributed by atoms with Crippen LogP contribution in [0.15, 0.2) is 0 Å². The van der Waals surface area contributed by atoms with Crippen molar-refractivity contribution >= 4 is 11.8 Å². The minimum absolute atomic E-state index is 0.797. The van der Waals surface area contributed by atoms with Crippen LogP contribution in [0.1, 0.15) is 45.4 Å². The second kappa shape index (κ2) is 5.50. The van der Waals surface area contributed by atoms with E-state index in [1.165, 1.54) is 57.4 Å². The summed E-state index contributed by atoms with van der Waals surface area (Å²) < 4.78 is 0. The van der Waals surface area contributed by atoms with Crippen molar-refractivity contribution in [3.8, 4) is 0 Å². The highest BCUT2D eigenvalue weighted by Gasteiger charge is 2.35. The molecule has 0 radical (unpaired) electrons. The van der Waals surface area contributed by atoms with E-state index in [0.717, 1.165) is 23.4 Å². The highest BCUT2D eigenvalue weighted by Crippen LogP contribution is 2.32. The third kappa shape index (κ3) is 3.18. The van der Waals surface area contributed by atoms with Crippen LogP contribution in [0.25, 0.3) is 0 Å². The maximum absolute atomic E-state index is 3.92. The Morgan fingerprint density at radius 2 is 2.00 bits per heavy atom. The zero-order chi connectivity index (χ0) is 11.7. The van der Waals surface area contributed by atoms with E-state index in [1.807, 2.05) is 0 Å². The first kappa shape index (κ1) is 12.3. The van der Waals surface area contributed by atoms with Crippen molar-refractivity contribution in [1.82, 2.24) is 10.2 Å². The van der Waals surface area contributed by atoms with Crippen molar-refractivity contribution in [3.63, 3.8) is 0 Å². The summed E-state index contributed by atoms with van der Waals surface area (Å²) in [5, 5.41) is 4.87. The molecule has 98 valence electrons. The third-order valence-electron chi connectivity index (χ3n) is 4.54. The van der Waals surface area contributed by atoms with Crippen molar-refractivity contribution in [1.29, 1.82) is 0 Å². The van der Waals surface area contributed by atoms with E-state index in [0.29, 0.717) is 0 Å². The number of nitrogens with one attached hydrogen (secondary N) is 1. The van der Waals surface area contributed by atoms with Crippen LogP contribution in [0, 0.1) is 0 Å². The van der Waals surface area contributed by atoms with Gasteiger partial charge in [-0.25, -0.2) is 0 Å². The van der Waals surface area contributed by atoms with Gasteiger partial charge in [-0.2, -0.15) is 11.8 Å². The van der Waals surface area contributed by atoms with Gasteiger partial charge in [-0.3, -0.25) is 4.90 Å². The molecule has 0 aromatic heterocycles. The van der Waals surface area contributed by atoms with E-state index in [9.17, 15) is 0 Å². The van der Waals surface area contributed by atoms with E-state index < -0.39 is 0 Å². The van der Waals surface area contributed by atoms with E-state index >= 15 is 0 Å². The van der Waals surface area contributed by atoms with Crippen molar-refractivity contribution < 1.29 is 0 Å². The van der Waals surface area contributed by atoms with Gasteiger partial charge in [0.1, 0.15) is 0 Å². The lowest BCUT2D eigenvalue weighted by Gasteiger charge is -2.20. The van der Waals surface area contributed by atoms with Crippen LogP contribution in [0.3, 0.4) is 0 Å². The number of nitrogens with zero attached hydrogens (tertiary/aromatic N) is 1. The molecule has 3 rings (SSSR count). The SMILES string of the molecule is CCSC1CCC(NC2CCN(C3CC3)C2)C1. The molecular weight excluding hydrogens is 228 g/mol. The van der Waals surface area contributed by atoms with Crippen LogP contribution in [0.2, 0.25) is 0 Å². The molecule has 3 heteroatoms. The predicted octanol–water partition coefficient (Wildman–Crippen LogP) is 2.49. The summed E-state index contributed by atoms with van der Waals surface area (Å²) in [5.74, 6) is 1.29. The summed E-state index contributed by atoms with van der Waals surface area (Å²) in [4.78, 5) is 2.71. The zero-order valence-electron chi connectivity index (χ0n) is 11.0. The van der Waals surface area contributed by atoms with Gasteiger partial charge in [0.15, 0.2) is 0 Å². The fraction of sp³-hybridized carbons (Fsp3) is 1.00. The standard InChI is InChI=1S/C14H26N2S/c1-2-17-14-6-3-11(9-14)15-12-7-8-16(10-12)13-4-5-13/h11-15H,2-10H2,1H3. The molecular formula is C14H26N2S. The molecule has 2 aliphatic carbocycles. The Morgan fingerprint density at radius 3 is 2.76 bits per heavy atom. The van der Waals surface area contributed by atoms with Gasteiger partial charge < -0.3 is 5.32 Å². The van der Waals surface area contributed by atoms with Gasteiger partial charge in [0.2, 0.25) is 0 Å². The summed E-state index contributed by atoms with van der Waals surface area (Å²) in [6, 6.07) is 2.59. The monoisotopic (exact) mass is 254 g/mol. The predicted molar refractivity (Wildman–Crippen MR) is 75.7 cm³/mol. The lowest BCUT2D eigenvalue weighted by molar-refractivity contribution is 0.312. The molecule has 0 amide bonds. The minimum atomic E-state index is 0.797. The van der Waals surface area contributed by atoms with Gasteiger partial charge in [-0.15, -0.1) is 0 Å². The number of hydrogen-bond donors (Lipinski definition) is 1. The summed E-state index contributed by atoms with van der Waals surface area (Å²) >= 11 is 2.17. The van der Waals surface area contributed by atoms with Gasteiger partial charge in [0.05, 0.1) is 0 Å². The molecule has 3 unspecified atom stereocenters. The molecule has 1 aliphatic heterocycles. The number of hydrogen-bond acceptors (Lipinski definition) is 3. The molecule has 2 nitrogen and oxygen atoms in total. The highest BCUT2D eigenvalue weighted by atomic mass is 32.2. The summed E-state index contributed by atoms with van der Waals surface area (Å²) in [7, 11) is 0. The smallest absolute Gasteiger partial charge is 0.0209 e. The first-order valence-corrected chi connectivity index (χ1v) is 8.51. The van der Waals surface area contributed by atoms with Crippen molar-refractivity contribution in [2.24, 2.45) is 0 Å². The molecule has 2 saturated carbocycles. The molecule has 1 N–H and O–H groups in total. The fourth-order valence-corrected chi connectivity index (χ4v) is 4.65. The zero-order valence-corrected chi connectivity index (χ0v) is 11.8. The second-order valence-corrected chi connectivity index (χ2v) is 7.54. The molecule has 1 heterocycles. The highest BCUT2D eigenvalue weighted by molar-refractivity contribution is 7.99. The molecule has 0 aromatic rings. The number of thioether (sulfide) groups is 1. The van der Waals surface area contributed by atoms with Gasteiger partial charge in [-0.1, -0.05) is 6.92 Å². The Kier molecular flexibility index (Phi) is 3.98. The lowest BCUT2D eigenvalue weighted by atomic mass is 10.2. The first-order chi connectivity index (χ1) is 8.35. The molecule has 1 saturated heterocycles. The van der Waals surface area contributed by atoms with Gasteiger partial charge in [-0.05, 0) is 44.3 Å². The Labute approximate surface area is 110 Å². The first-order valence-electron chi connectivity index (χ1n) is 7.47. The Morgan fingerprint density at radius 1 is 1.12 bits per heavy atom. The topological polar surface area (TPSA) is 15.3 Å². The van der Waals surface area contributed by atoms with E-state index in [-0.39, 0.29) is 0 Å². The van der Waals surface area contributed by atoms with Gasteiger partial charge in [0.25, 0.3) is 0 Å². The van der Waals surface area contributed by atoms with Crippen LogP contribution in [-0.2, 0) is 0 Å². The molecule has 3 atom stereocenters. The summed E-state index contributed by atoms with van der Waals surface area (Å²) in [6.45, 7) is 4.96. The lowest BCUT2D eigenvalue weighted by Crippen LogP contribution is -2.39. The van der Waals surface area contributed by atoms with Crippen LogP contribution in [0.5, 0.6) is 0 Å². The fourth-order valence-electron chi connectivity index (χ4n) is 3.51. The van der Waals surface area contributed by atoms with Crippen molar-refractivity contribution in [3.05, 3.63) is 0 Å². The van der Waals surface area contributed by atoms with Crippen LogP contribution in [-0.4, -0.2) is 47.1 Å². The average molecular weight is 254 g/mol. The summed E-state index contributed by atoms with van der Waals surface area (Å²) in [6.07, 6.45) is 8.58. The Bertz CT molecular complexity index is 255. The normalized spacial score (nSPS) is 39.0. The maximum Gasteiger partial charge on any atom is 0.0209 e. The second-order valence-electron chi connectivity index (χ2n) is 5.97. The third-order valence-corrected chi connectivity index (χ3v) is 5.77. The molecule has 0 aromatic carbocycles. The molecule has 3 fully saturated rings. The van der Waals surface area contributed by atoms with Crippen molar-refractivity contribution in [2.45, 2.75) is 68.8 Å². The van der Waals surface area contributed by atoms with Crippen molar-refractivity contribution in [2.75, 3.05) is 18.8 Å². The van der Waals surface area contributed by atoms with E-state index in [4.69, 9.17) is 0 Å². The number of likely N-dealkylation sites (tertiary alicyclic amines) is 1. The van der Waals surface area contributed by atoms with E-state index in [1.54, 1.807) is 0 Å². The van der Waals surface area contributed by atoms with Gasteiger partial charge in [0, 0.05) is 36.5 Å². The maximum atomic E-state index is 3.92. The average Bonchev–Trinajstić information content (AvgIpc) is 2.92. The largest absolute Gasteiger partial charge is 0.310 e. The minimum Gasteiger partial charge on any atom is -0.310 e. The molecule has 0 bridgehead atoms. The molecule has 0 spiro atoms. The van der Waals surface area contributed by atoms with Crippen LogP contribution in [0.4, 0.5) is 0 Å².